The average molecular weight is 311 g/mol. The summed E-state index contributed by atoms with van der Waals surface area (Å²) in [6.45, 7) is 5.74. The summed E-state index contributed by atoms with van der Waals surface area (Å²) in [6, 6.07) is 6.25. The van der Waals surface area contributed by atoms with Crippen LogP contribution in [0.3, 0.4) is 0 Å². The molecule has 2 aliphatic rings. The smallest absolute Gasteiger partial charge is 0.340 e. The van der Waals surface area contributed by atoms with Crippen molar-refractivity contribution >= 4 is 5.97 Å². The molecule has 0 amide bonds. The van der Waals surface area contributed by atoms with Gasteiger partial charge in [0.1, 0.15) is 12.4 Å². The molecule has 4 heteroatoms. The Balaban J connectivity index is 1.97. The summed E-state index contributed by atoms with van der Waals surface area (Å²) >= 11 is 0. The molecule has 0 unspecified atom stereocenters. The third kappa shape index (κ3) is 2.16. The topological polar surface area (TPSA) is 40.5 Å². The summed E-state index contributed by atoms with van der Waals surface area (Å²) < 4.78 is 13.6. The van der Waals surface area contributed by atoms with E-state index >= 15 is 0 Å². The van der Waals surface area contributed by atoms with Crippen LogP contribution in [0.4, 0.5) is 0 Å². The molecule has 4 nitrogen and oxygen atoms in total. The predicted molar refractivity (Wildman–Crippen MR) is 87.8 cm³/mol. The number of aromatic nitrogens is 1. The molecule has 120 valence electrons. The Morgan fingerprint density at radius 1 is 1.35 bits per heavy atom. The molecule has 4 rings (SSSR count). The molecule has 0 radical (unpaired) electrons. The van der Waals surface area contributed by atoms with Gasteiger partial charge in [0.05, 0.1) is 17.9 Å². The van der Waals surface area contributed by atoms with Gasteiger partial charge in [0.15, 0.2) is 0 Å². The third-order valence-corrected chi connectivity index (χ3v) is 4.76. The zero-order valence-corrected chi connectivity index (χ0v) is 13.6. The van der Waals surface area contributed by atoms with E-state index in [9.17, 15) is 4.79 Å². The van der Waals surface area contributed by atoms with Gasteiger partial charge >= 0.3 is 5.97 Å². The van der Waals surface area contributed by atoms with Gasteiger partial charge in [0, 0.05) is 23.4 Å². The summed E-state index contributed by atoms with van der Waals surface area (Å²) in [5.74, 6) is 0.698. The number of hydrogen-bond donors (Lipinski definition) is 0. The number of rotatable bonds is 2. The molecule has 1 aromatic carbocycles. The van der Waals surface area contributed by atoms with Crippen molar-refractivity contribution in [1.29, 1.82) is 0 Å². The lowest BCUT2D eigenvalue weighted by Crippen LogP contribution is -2.14. The van der Waals surface area contributed by atoms with Crippen molar-refractivity contribution < 1.29 is 14.3 Å². The van der Waals surface area contributed by atoms with Gasteiger partial charge in [-0.3, -0.25) is 0 Å². The van der Waals surface area contributed by atoms with Gasteiger partial charge in [-0.15, -0.1) is 0 Å². The van der Waals surface area contributed by atoms with Crippen molar-refractivity contribution in [3.8, 4) is 17.0 Å². The molecule has 0 atom stereocenters. The van der Waals surface area contributed by atoms with Crippen molar-refractivity contribution in [2.45, 2.75) is 46.3 Å². The van der Waals surface area contributed by atoms with Gasteiger partial charge in [-0.25, -0.2) is 4.79 Å². The van der Waals surface area contributed by atoms with E-state index < -0.39 is 0 Å². The third-order valence-electron chi connectivity index (χ3n) is 4.76. The van der Waals surface area contributed by atoms with Crippen molar-refractivity contribution in [3.05, 3.63) is 40.6 Å². The van der Waals surface area contributed by atoms with Gasteiger partial charge in [-0.2, -0.15) is 0 Å². The first kappa shape index (κ1) is 14.4. The maximum atomic E-state index is 12.5. The highest BCUT2D eigenvalue weighted by Crippen LogP contribution is 2.43. The quantitative estimate of drug-likeness (QED) is 0.791. The minimum absolute atomic E-state index is 0.209. The van der Waals surface area contributed by atoms with Gasteiger partial charge in [0.2, 0.25) is 0 Å². The van der Waals surface area contributed by atoms with Crippen LogP contribution in [0, 0.1) is 6.92 Å². The maximum absolute atomic E-state index is 12.5. The van der Waals surface area contributed by atoms with Crippen molar-refractivity contribution in [3.63, 3.8) is 0 Å². The fraction of sp³-hybridized carbons (Fsp3) is 0.421. The molecule has 0 aliphatic carbocycles. The highest BCUT2D eigenvalue weighted by Gasteiger charge is 2.33. The molecule has 0 N–H and O–H groups in total. The summed E-state index contributed by atoms with van der Waals surface area (Å²) in [7, 11) is 0. The zero-order chi connectivity index (χ0) is 16.0. The molecular weight excluding hydrogens is 290 g/mol. The first-order valence-electron chi connectivity index (χ1n) is 8.36. The number of carbonyl (C=O) groups is 1. The monoisotopic (exact) mass is 311 g/mol. The van der Waals surface area contributed by atoms with Crippen LogP contribution in [0.25, 0.3) is 11.3 Å². The van der Waals surface area contributed by atoms with Gasteiger partial charge < -0.3 is 14.0 Å². The fourth-order valence-corrected chi connectivity index (χ4v) is 3.79. The molecule has 0 saturated carbocycles. The van der Waals surface area contributed by atoms with E-state index in [1.165, 1.54) is 5.56 Å². The Morgan fingerprint density at radius 3 is 3.04 bits per heavy atom. The van der Waals surface area contributed by atoms with Crippen LogP contribution in [-0.2, 0) is 24.3 Å². The van der Waals surface area contributed by atoms with Crippen LogP contribution >= 0.6 is 0 Å². The highest BCUT2D eigenvalue weighted by atomic mass is 16.5. The summed E-state index contributed by atoms with van der Waals surface area (Å²) in [6.07, 6.45) is 3.21. The van der Waals surface area contributed by atoms with E-state index in [2.05, 4.69) is 23.6 Å². The van der Waals surface area contributed by atoms with Crippen LogP contribution in [0.1, 0.15) is 46.9 Å². The van der Waals surface area contributed by atoms with Crippen LogP contribution in [-0.4, -0.2) is 17.1 Å². The first-order valence-corrected chi connectivity index (χ1v) is 8.36. The maximum Gasteiger partial charge on any atom is 0.340 e. The van der Waals surface area contributed by atoms with E-state index in [1.807, 2.05) is 13.0 Å². The molecular formula is C19H21NO3. The van der Waals surface area contributed by atoms with E-state index in [4.69, 9.17) is 9.47 Å². The summed E-state index contributed by atoms with van der Waals surface area (Å²) in [5, 5.41) is 0. The molecule has 2 aromatic rings. The van der Waals surface area contributed by atoms with E-state index in [-0.39, 0.29) is 5.97 Å². The fourth-order valence-electron chi connectivity index (χ4n) is 3.79. The van der Waals surface area contributed by atoms with Gasteiger partial charge in [-0.05, 0) is 45.2 Å². The number of benzene rings is 1. The van der Waals surface area contributed by atoms with Gasteiger partial charge in [-0.1, -0.05) is 11.6 Å². The second-order valence-electron chi connectivity index (χ2n) is 6.27. The SMILES string of the molecule is CCOC(=O)c1c2c(n3c1CCCC3)-c1cc(C)ccc1OC2. The second-order valence-corrected chi connectivity index (χ2v) is 6.27. The van der Waals surface area contributed by atoms with Crippen LogP contribution in [0.2, 0.25) is 0 Å². The van der Waals surface area contributed by atoms with E-state index in [1.54, 1.807) is 0 Å². The molecule has 23 heavy (non-hydrogen) atoms. The van der Waals surface area contributed by atoms with Crippen LogP contribution < -0.4 is 4.74 Å². The Hall–Kier alpha value is -2.23. The Kier molecular flexibility index (Phi) is 3.40. The minimum Gasteiger partial charge on any atom is -0.488 e. The lowest BCUT2D eigenvalue weighted by molar-refractivity contribution is 0.0521. The molecule has 1 aromatic heterocycles. The largest absolute Gasteiger partial charge is 0.488 e. The molecule has 0 saturated heterocycles. The summed E-state index contributed by atoms with van der Waals surface area (Å²) in [4.78, 5) is 12.5. The number of hydrogen-bond acceptors (Lipinski definition) is 3. The van der Waals surface area contributed by atoms with Crippen molar-refractivity contribution in [2.75, 3.05) is 6.61 Å². The second kappa shape index (κ2) is 5.44. The van der Waals surface area contributed by atoms with E-state index in [0.29, 0.717) is 13.2 Å². The number of ether oxygens (including phenoxy) is 2. The molecule has 0 fully saturated rings. The molecule has 3 heterocycles. The number of nitrogens with zero attached hydrogens (tertiary/aromatic N) is 1. The van der Waals surface area contributed by atoms with Crippen molar-refractivity contribution in [1.82, 2.24) is 4.57 Å². The minimum atomic E-state index is -0.209. The number of esters is 1. The first-order chi connectivity index (χ1) is 11.2. The molecule has 2 aliphatic heterocycles. The number of fused-ring (bicyclic) bond motifs is 5. The standard InChI is InChI=1S/C19H21NO3/c1-3-22-19(21)17-14-11-23-16-8-7-12(2)10-13(16)18(14)20-9-5-4-6-15(17)20/h7-8,10H,3-6,9,11H2,1-2H3. The Morgan fingerprint density at radius 2 is 2.22 bits per heavy atom. The lowest BCUT2D eigenvalue weighted by Gasteiger charge is -2.23. The number of carbonyl (C=O) groups excluding carboxylic acids is 1. The normalized spacial score (nSPS) is 15.2. The molecule has 0 bridgehead atoms. The predicted octanol–water partition coefficient (Wildman–Crippen LogP) is 3.87. The lowest BCUT2D eigenvalue weighted by atomic mass is 9.99. The van der Waals surface area contributed by atoms with E-state index in [0.717, 1.165) is 59.6 Å². The Bertz CT molecular complexity index is 788. The zero-order valence-electron chi connectivity index (χ0n) is 13.6. The van der Waals surface area contributed by atoms with Crippen molar-refractivity contribution in [2.24, 2.45) is 0 Å². The average Bonchev–Trinajstić information content (AvgIpc) is 2.89. The summed E-state index contributed by atoms with van der Waals surface area (Å²) in [5.41, 5.74) is 6.33. The van der Waals surface area contributed by atoms with Crippen LogP contribution in [0.15, 0.2) is 18.2 Å². The molecule has 0 spiro atoms. The highest BCUT2D eigenvalue weighted by molar-refractivity contribution is 5.96. The van der Waals surface area contributed by atoms with Crippen LogP contribution in [0.5, 0.6) is 5.75 Å². The van der Waals surface area contributed by atoms with Gasteiger partial charge in [0.25, 0.3) is 0 Å². The Labute approximate surface area is 136 Å². The number of aryl methyl sites for hydroxylation is 1.